The maximum absolute atomic E-state index is 11.0. The molecule has 0 fully saturated rings. The zero-order valence-electron chi connectivity index (χ0n) is 3.39. The van der Waals surface area contributed by atoms with Crippen molar-refractivity contribution >= 4 is 0 Å². The van der Waals surface area contributed by atoms with Crippen molar-refractivity contribution in [1.29, 1.82) is 0 Å². The number of hydrogen-bond donors (Lipinski definition) is 1. The molecule has 0 heterocycles. The largest absolute Gasteiger partial charge is 0.516 e. The molecule has 0 atom stereocenters. The summed E-state index contributed by atoms with van der Waals surface area (Å²) in [6, 6.07) is 0. The Balaban J connectivity index is 2.66. The van der Waals surface area contributed by atoms with Gasteiger partial charge in [-0.2, -0.15) is 0 Å². The van der Waals surface area contributed by atoms with Crippen LogP contribution in [0, 0.1) is 0 Å². The number of rotatable bonds is 2. The van der Waals surface area contributed by atoms with E-state index < -0.39 is 6.67 Å². The molecule has 1 nitrogen and oxygen atoms in total. The van der Waals surface area contributed by atoms with Crippen LogP contribution in [-0.2, 0) is 0 Å². The molecular weight excluding hydrogens is 83.0 g/mol. The number of alkyl halides is 1. The van der Waals surface area contributed by atoms with Gasteiger partial charge in [0.05, 0.1) is 12.9 Å². The van der Waals surface area contributed by atoms with Gasteiger partial charge in [0.1, 0.15) is 0 Å². The molecule has 0 aromatic carbocycles. The quantitative estimate of drug-likeness (QED) is 0.508. The molecule has 36 valence electrons. The van der Waals surface area contributed by atoms with E-state index in [4.69, 9.17) is 5.11 Å². The third-order valence-electron chi connectivity index (χ3n) is 0.381. The van der Waals surface area contributed by atoms with Gasteiger partial charge in [0.15, 0.2) is 0 Å². The molecule has 0 saturated carbocycles. The van der Waals surface area contributed by atoms with Crippen LogP contribution in [0.5, 0.6) is 0 Å². The minimum Gasteiger partial charge on any atom is -0.516 e. The van der Waals surface area contributed by atoms with Crippen LogP contribution in [-0.4, -0.2) is 11.8 Å². The van der Waals surface area contributed by atoms with Gasteiger partial charge in [-0.1, -0.05) is 0 Å². The van der Waals surface area contributed by atoms with E-state index in [-0.39, 0.29) is 0 Å². The van der Waals surface area contributed by atoms with Crippen LogP contribution in [0.15, 0.2) is 12.3 Å². The number of halogens is 1. The Hall–Kier alpha value is -0.530. The van der Waals surface area contributed by atoms with Crippen LogP contribution >= 0.6 is 0 Å². The highest BCUT2D eigenvalue weighted by Crippen LogP contribution is 1.79. The molecule has 0 radical (unpaired) electrons. The van der Waals surface area contributed by atoms with Crippen LogP contribution in [0.1, 0.15) is 6.42 Å². The lowest BCUT2D eigenvalue weighted by Crippen LogP contribution is -1.65. The van der Waals surface area contributed by atoms with Crippen molar-refractivity contribution in [3.05, 3.63) is 12.3 Å². The topological polar surface area (TPSA) is 20.2 Å². The normalized spacial score (nSPS) is 10.2. The fraction of sp³-hybridized carbons (Fsp3) is 0.500. The minimum atomic E-state index is -0.392. The van der Waals surface area contributed by atoms with E-state index in [0.717, 1.165) is 6.26 Å². The fourth-order valence-corrected chi connectivity index (χ4v) is 0.138. The van der Waals surface area contributed by atoms with Crippen molar-refractivity contribution in [2.75, 3.05) is 6.67 Å². The Morgan fingerprint density at radius 2 is 2.33 bits per heavy atom. The second-order valence-electron chi connectivity index (χ2n) is 0.862. The van der Waals surface area contributed by atoms with Crippen molar-refractivity contribution in [2.45, 2.75) is 6.42 Å². The van der Waals surface area contributed by atoms with Gasteiger partial charge in [0, 0.05) is 0 Å². The Morgan fingerprint density at radius 3 is 2.50 bits per heavy atom. The molecule has 0 aliphatic heterocycles. The van der Waals surface area contributed by atoms with E-state index in [1.54, 1.807) is 0 Å². The summed E-state index contributed by atoms with van der Waals surface area (Å²) in [5.41, 5.74) is 0. The maximum atomic E-state index is 11.0. The van der Waals surface area contributed by atoms with Crippen LogP contribution in [0.2, 0.25) is 0 Å². The molecule has 0 rings (SSSR count). The molecule has 6 heavy (non-hydrogen) atoms. The zero-order valence-corrected chi connectivity index (χ0v) is 3.39. The SMILES string of the molecule is OC=CCCF. The molecule has 0 unspecified atom stereocenters. The summed E-state index contributed by atoms with van der Waals surface area (Å²) < 4.78 is 11.0. The molecule has 0 bridgehead atoms. The van der Waals surface area contributed by atoms with Crippen molar-refractivity contribution in [2.24, 2.45) is 0 Å². The summed E-state index contributed by atoms with van der Waals surface area (Å²) in [4.78, 5) is 0. The number of aliphatic hydroxyl groups is 1. The molecule has 1 N–H and O–H groups in total. The second-order valence-corrected chi connectivity index (χ2v) is 0.862. The van der Waals surface area contributed by atoms with Crippen molar-refractivity contribution < 1.29 is 9.50 Å². The van der Waals surface area contributed by atoms with Crippen molar-refractivity contribution in [3.63, 3.8) is 0 Å². The van der Waals surface area contributed by atoms with Gasteiger partial charge in [-0.25, -0.2) is 0 Å². The summed E-state index contributed by atoms with van der Waals surface area (Å²) >= 11 is 0. The van der Waals surface area contributed by atoms with Crippen LogP contribution in [0.25, 0.3) is 0 Å². The highest BCUT2D eigenvalue weighted by atomic mass is 19.1. The van der Waals surface area contributed by atoms with Crippen LogP contribution in [0.4, 0.5) is 4.39 Å². The Bertz CT molecular complexity index is 42.8. The van der Waals surface area contributed by atoms with Crippen molar-refractivity contribution in [1.82, 2.24) is 0 Å². The summed E-state index contributed by atoms with van der Waals surface area (Å²) in [6.45, 7) is -0.392. The number of allylic oxidation sites excluding steroid dienone is 1. The van der Waals surface area contributed by atoms with Crippen molar-refractivity contribution in [3.8, 4) is 0 Å². The fourth-order valence-electron chi connectivity index (χ4n) is 0.138. The van der Waals surface area contributed by atoms with Gasteiger partial charge in [0.25, 0.3) is 0 Å². The predicted octanol–water partition coefficient (Wildman–Crippen LogP) is 1.42. The zero-order chi connectivity index (χ0) is 4.83. The first kappa shape index (κ1) is 5.47. The molecule has 0 aromatic rings. The third kappa shape index (κ3) is 3.47. The summed E-state index contributed by atoms with van der Waals surface area (Å²) in [5.74, 6) is 0. The molecular formula is C4H7FO. The summed E-state index contributed by atoms with van der Waals surface area (Å²) in [7, 11) is 0. The Morgan fingerprint density at radius 1 is 1.67 bits per heavy atom. The lowest BCUT2D eigenvalue weighted by Gasteiger charge is -1.73. The van der Waals surface area contributed by atoms with Gasteiger partial charge in [0.2, 0.25) is 0 Å². The second kappa shape index (κ2) is 4.47. The summed E-state index contributed by atoms with van der Waals surface area (Å²) in [5, 5.41) is 7.85. The average molecular weight is 90.1 g/mol. The highest BCUT2D eigenvalue weighted by Gasteiger charge is 1.69. The third-order valence-corrected chi connectivity index (χ3v) is 0.381. The lowest BCUT2D eigenvalue weighted by atomic mass is 10.5. The van der Waals surface area contributed by atoms with E-state index in [9.17, 15) is 4.39 Å². The van der Waals surface area contributed by atoms with E-state index in [0.29, 0.717) is 6.42 Å². The number of hydrogen-bond acceptors (Lipinski definition) is 1. The minimum absolute atomic E-state index is 0.316. The average Bonchev–Trinajstić information content (AvgIpc) is 1.61. The van der Waals surface area contributed by atoms with Gasteiger partial charge in [-0.3, -0.25) is 4.39 Å². The predicted molar refractivity (Wildman–Crippen MR) is 22.4 cm³/mol. The molecule has 2 heteroatoms. The molecule has 0 amide bonds. The van der Waals surface area contributed by atoms with E-state index in [1.165, 1.54) is 6.08 Å². The highest BCUT2D eigenvalue weighted by molar-refractivity contribution is 4.69. The number of aliphatic hydroxyl groups excluding tert-OH is 1. The van der Waals surface area contributed by atoms with Gasteiger partial charge in [-0.15, -0.1) is 0 Å². The molecule has 0 aromatic heterocycles. The standard InChI is InChI=1S/C4H7FO/c5-3-1-2-4-6/h2,4,6H,1,3H2. The Kier molecular flexibility index (Phi) is 4.08. The smallest absolute Gasteiger partial charge is 0.0930 e. The van der Waals surface area contributed by atoms with E-state index in [2.05, 4.69) is 0 Å². The maximum Gasteiger partial charge on any atom is 0.0930 e. The van der Waals surface area contributed by atoms with E-state index in [1.807, 2.05) is 0 Å². The Labute approximate surface area is 36.1 Å². The monoisotopic (exact) mass is 90.0 g/mol. The van der Waals surface area contributed by atoms with Crippen LogP contribution in [0.3, 0.4) is 0 Å². The first-order valence-corrected chi connectivity index (χ1v) is 1.77. The molecule has 0 aliphatic rings. The molecule has 0 saturated heterocycles. The molecule has 0 aliphatic carbocycles. The first-order chi connectivity index (χ1) is 2.91. The lowest BCUT2D eigenvalue weighted by molar-refractivity contribution is 0.460. The van der Waals surface area contributed by atoms with E-state index >= 15 is 0 Å². The molecule has 0 spiro atoms. The van der Waals surface area contributed by atoms with Gasteiger partial charge >= 0.3 is 0 Å². The van der Waals surface area contributed by atoms with Crippen LogP contribution < -0.4 is 0 Å². The first-order valence-electron chi connectivity index (χ1n) is 1.77. The van der Waals surface area contributed by atoms with Gasteiger partial charge < -0.3 is 5.11 Å². The summed E-state index contributed by atoms with van der Waals surface area (Å²) in [6.07, 6.45) is 2.52. The van der Waals surface area contributed by atoms with Gasteiger partial charge in [-0.05, 0) is 12.5 Å².